The fourth-order valence-corrected chi connectivity index (χ4v) is 5.16. The van der Waals surface area contributed by atoms with Crippen LogP contribution in [-0.2, 0) is 13.1 Å². The third kappa shape index (κ3) is 3.64. The number of rotatable bonds is 6. The third-order valence-electron chi connectivity index (χ3n) is 5.75. The molecule has 5 nitrogen and oxygen atoms in total. The molecule has 138 valence electrons. The van der Waals surface area contributed by atoms with Gasteiger partial charge < -0.3 is 5.32 Å². The summed E-state index contributed by atoms with van der Waals surface area (Å²) < 4.78 is 0. The van der Waals surface area contributed by atoms with Crippen LogP contribution in [0.5, 0.6) is 0 Å². The highest BCUT2D eigenvalue weighted by Gasteiger charge is 2.56. The lowest BCUT2D eigenvalue weighted by atomic mass is 9.93. The molecule has 1 saturated heterocycles. The highest BCUT2D eigenvalue weighted by molar-refractivity contribution is 7.07. The van der Waals surface area contributed by atoms with Crippen molar-refractivity contribution in [1.29, 1.82) is 0 Å². The van der Waals surface area contributed by atoms with Crippen LogP contribution in [0.1, 0.15) is 30.4 Å². The number of halogens is 1. The van der Waals surface area contributed by atoms with E-state index in [2.05, 4.69) is 27.0 Å². The first kappa shape index (κ1) is 17.9. The summed E-state index contributed by atoms with van der Waals surface area (Å²) in [5.41, 5.74) is 2.79. The zero-order valence-electron chi connectivity index (χ0n) is 14.5. The molecule has 1 unspecified atom stereocenters. The van der Waals surface area contributed by atoms with E-state index in [1.807, 2.05) is 6.07 Å². The van der Waals surface area contributed by atoms with Crippen molar-refractivity contribution in [2.75, 3.05) is 13.1 Å². The Labute approximate surface area is 162 Å². The topological polar surface area (TPSA) is 58.4 Å². The number of thiophene rings is 1. The summed E-state index contributed by atoms with van der Waals surface area (Å²) in [5.74, 6) is 0. The minimum absolute atomic E-state index is 0.0268. The Morgan fingerprint density at radius 2 is 2.04 bits per heavy atom. The molecule has 0 radical (unpaired) electrons. The molecule has 2 aliphatic rings. The molecular weight excluding hydrogens is 370 g/mol. The van der Waals surface area contributed by atoms with Crippen molar-refractivity contribution in [2.45, 2.75) is 38.4 Å². The zero-order valence-corrected chi connectivity index (χ0v) is 16.1. The Morgan fingerprint density at radius 3 is 2.69 bits per heavy atom. The Hall–Kier alpha value is -1.47. The SMILES string of the molecule is O=[N+]([O-])c1ccc(CN(Cc2ccsc2)C2CC23CCNCC3)cc1Cl. The van der Waals surface area contributed by atoms with Crippen molar-refractivity contribution < 1.29 is 4.92 Å². The van der Waals surface area contributed by atoms with Crippen molar-refractivity contribution >= 4 is 28.6 Å². The Morgan fingerprint density at radius 1 is 1.27 bits per heavy atom. The highest BCUT2D eigenvalue weighted by Crippen LogP contribution is 2.56. The van der Waals surface area contributed by atoms with Crippen molar-refractivity contribution in [2.24, 2.45) is 5.41 Å². The van der Waals surface area contributed by atoms with Crippen LogP contribution < -0.4 is 5.32 Å². The standard InChI is InChI=1S/C19H22ClN3O2S/c20-16-9-14(1-2-17(16)23(24)25)11-22(12-15-3-8-26-13-15)18-10-19(18)4-6-21-7-5-19/h1-3,8-9,13,18,21H,4-7,10-12H2. The first-order valence-corrected chi connectivity index (χ1v) is 10.3. The van der Waals surface area contributed by atoms with E-state index >= 15 is 0 Å². The molecule has 7 heteroatoms. The van der Waals surface area contributed by atoms with Gasteiger partial charge in [0.2, 0.25) is 0 Å². The minimum Gasteiger partial charge on any atom is -0.317 e. The molecule has 1 spiro atoms. The smallest absolute Gasteiger partial charge is 0.287 e. The van der Waals surface area contributed by atoms with Gasteiger partial charge in [0.1, 0.15) is 5.02 Å². The van der Waals surface area contributed by atoms with Gasteiger partial charge in [-0.3, -0.25) is 15.0 Å². The molecule has 1 atom stereocenters. The van der Waals surface area contributed by atoms with E-state index in [0.717, 1.165) is 31.7 Å². The van der Waals surface area contributed by atoms with Gasteiger partial charge in [-0.05, 0) is 71.8 Å². The second-order valence-electron chi connectivity index (χ2n) is 7.41. The van der Waals surface area contributed by atoms with Gasteiger partial charge in [0, 0.05) is 25.2 Å². The fourth-order valence-electron chi connectivity index (χ4n) is 4.23. The van der Waals surface area contributed by atoms with Crippen LogP contribution in [-0.4, -0.2) is 29.0 Å². The molecule has 1 aromatic heterocycles. The monoisotopic (exact) mass is 391 g/mol. The number of hydrogen-bond donors (Lipinski definition) is 1. The molecule has 1 aliphatic carbocycles. The number of hydrogen-bond acceptors (Lipinski definition) is 5. The maximum atomic E-state index is 11.0. The molecule has 26 heavy (non-hydrogen) atoms. The van der Waals surface area contributed by atoms with Gasteiger partial charge in [-0.25, -0.2) is 0 Å². The number of benzene rings is 1. The third-order valence-corrected chi connectivity index (χ3v) is 6.78. The van der Waals surface area contributed by atoms with Crippen molar-refractivity contribution in [3.8, 4) is 0 Å². The van der Waals surface area contributed by atoms with E-state index in [-0.39, 0.29) is 10.7 Å². The summed E-state index contributed by atoms with van der Waals surface area (Å²) in [6, 6.07) is 7.87. The van der Waals surface area contributed by atoms with Gasteiger partial charge in [-0.1, -0.05) is 17.7 Å². The number of nitro benzene ring substituents is 1. The van der Waals surface area contributed by atoms with Gasteiger partial charge in [-0.15, -0.1) is 0 Å². The number of nitrogens with zero attached hydrogens (tertiary/aromatic N) is 2. The molecule has 1 aromatic carbocycles. The second kappa shape index (κ2) is 7.27. The van der Waals surface area contributed by atoms with Gasteiger partial charge in [0.25, 0.3) is 5.69 Å². The van der Waals surface area contributed by atoms with Crippen LogP contribution in [0.3, 0.4) is 0 Å². The molecule has 4 rings (SSSR count). The second-order valence-corrected chi connectivity index (χ2v) is 8.60. The minimum atomic E-state index is -0.430. The van der Waals surface area contributed by atoms with Crippen LogP contribution in [0, 0.1) is 15.5 Å². The maximum Gasteiger partial charge on any atom is 0.287 e. The Bertz CT molecular complexity index is 790. The normalized spacial score (nSPS) is 21.2. The number of nitrogens with one attached hydrogen (secondary N) is 1. The molecule has 1 aliphatic heterocycles. The summed E-state index contributed by atoms with van der Waals surface area (Å²) >= 11 is 7.84. The van der Waals surface area contributed by atoms with E-state index < -0.39 is 4.92 Å². The lowest BCUT2D eigenvalue weighted by molar-refractivity contribution is -0.384. The molecule has 2 fully saturated rings. The average molecular weight is 392 g/mol. The van der Waals surface area contributed by atoms with Gasteiger partial charge >= 0.3 is 0 Å². The summed E-state index contributed by atoms with van der Waals surface area (Å²) in [4.78, 5) is 13.1. The first-order chi connectivity index (χ1) is 12.6. The van der Waals surface area contributed by atoms with E-state index in [1.165, 1.54) is 30.9 Å². The van der Waals surface area contributed by atoms with Gasteiger partial charge in [0.15, 0.2) is 0 Å². The highest BCUT2D eigenvalue weighted by atomic mass is 35.5. The number of piperidine rings is 1. The van der Waals surface area contributed by atoms with E-state index in [9.17, 15) is 10.1 Å². The summed E-state index contributed by atoms with van der Waals surface area (Å²) in [6.45, 7) is 3.89. The van der Waals surface area contributed by atoms with Crippen LogP contribution in [0.25, 0.3) is 0 Å². The Kier molecular flexibility index (Phi) is 5.01. The van der Waals surface area contributed by atoms with Crippen molar-refractivity contribution in [1.82, 2.24) is 10.2 Å². The lowest BCUT2D eigenvalue weighted by Crippen LogP contribution is -2.35. The Balaban J connectivity index is 1.53. The van der Waals surface area contributed by atoms with Crippen LogP contribution in [0.15, 0.2) is 35.0 Å². The first-order valence-electron chi connectivity index (χ1n) is 8.96. The summed E-state index contributed by atoms with van der Waals surface area (Å²) in [7, 11) is 0. The van der Waals surface area contributed by atoms with Crippen molar-refractivity contribution in [3.63, 3.8) is 0 Å². The molecule has 0 bridgehead atoms. The maximum absolute atomic E-state index is 11.0. The zero-order chi connectivity index (χ0) is 18.1. The molecule has 0 amide bonds. The van der Waals surface area contributed by atoms with E-state index in [0.29, 0.717) is 11.5 Å². The molecule has 1 saturated carbocycles. The largest absolute Gasteiger partial charge is 0.317 e. The molecule has 2 heterocycles. The van der Waals surface area contributed by atoms with Gasteiger partial charge in [-0.2, -0.15) is 11.3 Å². The fraction of sp³-hybridized carbons (Fsp3) is 0.474. The van der Waals surface area contributed by atoms with Crippen LogP contribution in [0.2, 0.25) is 5.02 Å². The summed E-state index contributed by atoms with van der Waals surface area (Å²) in [6.07, 6.45) is 3.72. The quantitative estimate of drug-likeness (QED) is 0.583. The van der Waals surface area contributed by atoms with Gasteiger partial charge in [0.05, 0.1) is 4.92 Å². The number of nitro groups is 1. The predicted octanol–water partition coefficient (Wildman–Crippen LogP) is 4.45. The van der Waals surface area contributed by atoms with Crippen LogP contribution >= 0.6 is 22.9 Å². The molecule has 1 N–H and O–H groups in total. The average Bonchev–Trinajstić information content (AvgIpc) is 3.04. The predicted molar refractivity (Wildman–Crippen MR) is 105 cm³/mol. The van der Waals surface area contributed by atoms with E-state index in [1.54, 1.807) is 17.4 Å². The lowest BCUT2D eigenvalue weighted by Gasteiger charge is -2.29. The van der Waals surface area contributed by atoms with E-state index in [4.69, 9.17) is 11.6 Å². The molecular formula is C19H22ClN3O2S. The van der Waals surface area contributed by atoms with Crippen LogP contribution in [0.4, 0.5) is 5.69 Å². The van der Waals surface area contributed by atoms with Crippen molar-refractivity contribution in [3.05, 3.63) is 61.3 Å². The molecule has 2 aromatic rings. The summed E-state index contributed by atoms with van der Waals surface area (Å²) in [5, 5.41) is 19.0.